The summed E-state index contributed by atoms with van der Waals surface area (Å²) in [5.41, 5.74) is 2.49. The summed E-state index contributed by atoms with van der Waals surface area (Å²) in [7, 11) is 3.47. The third kappa shape index (κ3) is 5.08. The highest BCUT2D eigenvalue weighted by molar-refractivity contribution is 14.0. The van der Waals surface area contributed by atoms with E-state index in [0.29, 0.717) is 6.61 Å². The first kappa shape index (κ1) is 21.6. The molecule has 1 atom stereocenters. The number of rotatable bonds is 6. The summed E-state index contributed by atoms with van der Waals surface area (Å²) in [4.78, 5) is 12.2. The molecule has 29 heavy (non-hydrogen) atoms. The number of para-hydroxylation sites is 1. The Bertz CT molecular complexity index is 965. The predicted octanol–water partition coefficient (Wildman–Crippen LogP) is 2.25. The second-order valence-corrected chi connectivity index (χ2v) is 7.05. The Morgan fingerprint density at radius 3 is 3.07 bits per heavy atom. The van der Waals surface area contributed by atoms with Gasteiger partial charge in [0.15, 0.2) is 11.8 Å². The molecule has 1 unspecified atom stereocenters. The Morgan fingerprint density at radius 1 is 1.38 bits per heavy atom. The van der Waals surface area contributed by atoms with E-state index in [0.717, 1.165) is 50.0 Å². The van der Waals surface area contributed by atoms with Gasteiger partial charge in [-0.3, -0.25) is 4.99 Å². The highest BCUT2D eigenvalue weighted by atomic mass is 127. The van der Waals surface area contributed by atoms with Crippen LogP contribution in [0.2, 0.25) is 0 Å². The van der Waals surface area contributed by atoms with E-state index in [2.05, 4.69) is 61.2 Å². The number of nitrogens with zero attached hydrogens (tertiary/aromatic N) is 4. The van der Waals surface area contributed by atoms with Gasteiger partial charge >= 0.3 is 0 Å². The van der Waals surface area contributed by atoms with Crippen molar-refractivity contribution in [1.82, 2.24) is 30.4 Å². The molecular formula is C20H28IN7O. The molecule has 4 rings (SSSR count). The summed E-state index contributed by atoms with van der Waals surface area (Å²) in [6.45, 7) is 2.06. The minimum atomic E-state index is 0. The number of hydrogen-bond donors (Lipinski definition) is 3. The number of aryl methyl sites for hydroxylation is 1. The maximum absolute atomic E-state index is 5.13. The van der Waals surface area contributed by atoms with E-state index in [1.54, 1.807) is 14.2 Å². The fourth-order valence-corrected chi connectivity index (χ4v) is 3.71. The molecule has 1 aliphatic heterocycles. The van der Waals surface area contributed by atoms with Crippen LogP contribution in [0.3, 0.4) is 0 Å². The van der Waals surface area contributed by atoms with E-state index >= 15 is 0 Å². The van der Waals surface area contributed by atoms with Crippen molar-refractivity contribution in [3.8, 4) is 0 Å². The SMILES string of the molecule is CN=C(NCCc1c[nH]c2ccccc12)NC1CCc2nc(COC)nn2C1.I. The zero-order chi connectivity index (χ0) is 19.3. The second-order valence-electron chi connectivity index (χ2n) is 7.05. The molecule has 1 aliphatic rings. The zero-order valence-corrected chi connectivity index (χ0v) is 19.1. The molecule has 156 valence electrons. The third-order valence-electron chi connectivity index (χ3n) is 5.10. The molecule has 9 heteroatoms. The lowest BCUT2D eigenvalue weighted by atomic mass is 10.1. The van der Waals surface area contributed by atoms with Gasteiger partial charge in [-0.1, -0.05) is 18.2 Å². The van der Waals surface area contributed by atoms with Crippen LogP contribution < -0.4 is 10.6 Å². The Kier molecular flexibility index (Phi) is 7.48. The van der Waals surface area contributed by atoms with E-state index in [4.69, 9.17) is 4.74 Å². The Labute approximate surface area is 187 Å². The summed E-state index contributed by atoms with van der Waals surface area (Å²) in [6, 6.07) is 8.67. The van der Waals surface area contributed by atoms with Crippen LogP contribution in [-0.4, -0.2) is 52.5 Å². The van der Waals surface area contributed by atoms with Gasteiger partial charge in [0.05, 0.1) is 6.54 Å². The molecule has 0 radical (unpaired) electrons. The standard InChI is InChI=1S/C20H27N7O.HI/c1-21-20(22-10-9-14-11-23-17-6-4-3-5-16(14)17)24-15-7-8-19-25-18(13-28-2)26-27(19)12-15;/h3-6,11,15,23H,7-10,12-13H2,1-2H3,(H2,21,22,24);1H. The maximum Gasteiger partial charge on any atom is 0.191 e. The number of ether oxygens (including phenoxy) is 1. The topological polar surface area (TPSA) is 92.2 Å². The van der Waals surface area contributed by atoms with Crippen LogP contribution >= 0.6 is 24.0 Å². The predicted molar refractivity (Wildman–Crippen MR) is 125 cm³/mol. The van der Waals surface area contributed by atoms with Crippen molar-refractivity contribution in [2.75, 3.05) is 20.7 Å². The van der Waals surface area contributed by atoms with Gasteiger partial charge in [0.2, 0.25) is 0 Å². The molecule has 0 bridgehead atoms. The number of aromatic nitrogens is 4. The molecule has 3 heterocycles. The van der Waals surface area contributed by atoms with E-state index in [-0.39, 0.29) is 30.0 Å². The molecule has 0 spiro atoms. The average Bonchev–Trinajstić information content (AvgIpc) is 3.31. The number of H-pyrrole nitrogens is 1. The van der Waals surface area contributed by atoms with Crippen LogP contribution in [0, 0.1) is 0 Å². The Hall–Kier alpha value is -2.14. The fourth-order valence-electron chi connectivity index (χ4n) is 3.71. The van der Waals surface area contributed by atoms with Crippen LogP contribution in [-0.2, 0) is 30.7 Å². The molecule has 1 aromatic carbocycles. The molecular weight excluding hydrogens is 481 g/mol. The molecule has 0 saturated carbocycles. The lowest BCUT2D eigenvalue weighted by Crippen LogP contribution is -2.47. The molecule has 0 aliphatic carbocycles. The fraction of sp³-hybridized carbons (Fsp3) is 0.450. The van der Waals surface area contributed by atoms with Crippen molar-refractivity contribution in [3.05, 3.63) is 47.7 Å². The molecule has 0 saturated heterocycles. The van der Waals surface area contributed by atoms with E-state index in [1.165, 1.54) is 16.5 Å². The van der Waals surface area contributed by atoms with Gasteiger partial charge < -0.3 is 20.4 Å². The van der Waals surface area contributed by atoms with Crippen molar-refractivity contribution in [2.24, 2.45) is 4.99 Å². The smallest absolute Gasteiger partial charge is 0.191 e. The third-order valence-corrected chi connectivity index (χ3v) is 5.10. The zero-order valence-electron chi connectivity index (χ0n) is 16.8. The number of guanidine groups is 1. The molecule has 3 N–H and O–H groups in total. The van der Waals surface area contributed by atoms with Crippen LogP contribution in [0.15, 0.2) is 35.5 Å². The number of nitrogens with one attached hydrogen (secondary N) is 3. The summed E-state index contributed by atoms with van der Waals surface area (Å²) < 4.78 is 7.11. The number of aliphatic imine (C=N–C) groups is 1. The summed E-state index contributed by atoms with van der Waals surface area (Å²) in [5, 5.41) is 12.8. The summed E-state index contributed by atoms with van der Waals surface area (Å²) >= 11 is 0. The number of aromatic amines is 1. The van der Waals surface area contributed by atoms with E-state index in [1.807, 2.05) is 4.68 Å². The number of fused-ring (bicyclic) bond motifs is 2. The number of halogens is 1. The highest BCUT2D eigenvalue weighted by Gasteiger charge is 2.22. The van der Waals surface area contributed by atoms with Crippen LogP contribution in [0.4, 0.5) is 0 Å². The van der Waals surface area contributed by atoms with E-state index < -0.39 is 0 Å². The van der Waals surface area contributed by atoms with Crippen LogP contribution in [0.1, 0.15) is 23.6 Å². The van der Waals surface area contributed by atoms with Gasteiger partial charge in [-0.15, -0.1) is 24.0 Å². The normalized spacial score (nSPS) is 16.3. The van der Waals surface area contributed by atoms with Crippen molar-refractivity contribution in [3.63, 3.8) is 0 Å². The lowest BCUT2D eigenvalue weighted by molar-refractivity contribution is 0.177. The summed E-state index contributed by atoms with van der Waals surface area (Å²) in [6.07, 6.45) is 4.94. The average molecular weight is 509 g/mol. The quantitative estimate of drug-likeness (QED) is 0.270. The molecule has 0 amide bonds. The number of methoxy groups -OCH3 is 1. The lowest BCUT2D eigenvalue weighted by Gasteiger charge is -2.25. The van der Waals surface area contributed by atoms with Gasteiger partial charge in [-0.25, -0.2) is 9.67 Å². The Balaban J connectivity index is 0.00000240. The number of hydrogen-bond acceptors (Lipinski definition) is 4. The van der Waals surface area contributed by atoms with Crippen molar-refractivity contribution < 1.29 is 4.74 Å². The molecule has 2 aromatic heterocycles. The molecule has 8 nitrogen and oxygen atoms in total. The van der Waals surface area contributed by atoms with Gasteiger partial charge in [-0.05, 0) is 24.5 Å². The second kappa shape index (κ2) is 10.1. The van der Waals surface area contributed by atoms with Crippen LogP contribution in [0.25, 0.3) is 10.9 Å². The first-order valence-corrected chi connectivity index (χ1v) is 9.70. The monoisotopic (exact) mass is 509 g/mol. The Morgan fingerprint density at radius 2 is 2.24 bits per heavy atom. The van der Waals surface area contributed by atoms with Gasteiger partial charge in [0, 0.05) is 50.3 Å². The highest BCUT2D eigenvalue weighted by Crippen LogP contribution is 2.17. The van der Waals surface area contributed by atoms with Crippen LogP contribution in [0.5, 0.6) is 0 Å². The molecule has 3 aromatic rings. The largest absolute Gasteiger partial charge is 0.377 e. The maximum atomic E-state index is 5.13. The summed E-state index contributed by atoms with van der Waals surface area (Å²) in [5.74, 6) is 2.61. The van der Waals surface area contributed by atoms with E-state index in [9.17, 15) is 0 Å². The first-order chi connectivity index (χ1) is 13.8. The van der Waals surface area contributed by atoms with Gasteiger partial charge in [-0.2, -0.15) is 5.10 Å². The minimum absolute atomic E-state index is 0. The molecule has 0 fully saturated rings. The first-order valence-electron chi connectivity index (χ1n) is 9.70. The number of benzene rings is 1. The van der Waals surface area contributed by atoms with Crippen molar-refractivity contribution >= 4 is 40.8 Å². The minimum Gasteiger partial charge on any atom is -0.377 e. The van der Waals surface area contributed by atoms with Crippen molar-refractivity contribution in [2.45, 2.75) is 38.5 Å². The van der Waals surface area contributed by atoms with Gasteiger partial charge in [0.1, 0.15) is 12.4 Å². The van der Waals surface area contributed by atoms with Crippen molar-refractivity contribution in [1.29, 1.82) is 0 Å². The van der Waals surface area contributed by atoms with Gasteiger partial charge in [0.25, 0.3) is 0 Å².